The topological polar surface area (TPSA) is 135 Å². The van der Waals surface area contributed by atoms with Crippen LogP contribution in [0.2, 0.25) is 0 Å². The van der Waals surface area contributed by atoms with Crippen LogP contribution >= 0.6 is 0 Å². The Kier molecular flexibility index (Phi) is 8.06. The number of carbonyl (C=O) groups excluding carboxylic acids is 3. The smallest absolute Gasteiger partial charge is 0.329 e. The molecule has 1 amide bonds. The number of morpholine rings is 1. The average molecular weight is 528 g/mol. The molecule has 10 nitrogen and oxygen atoms in total. The van der Waals surface area contributed by atoms with E-state index in [4.69, 9.17) is 9.47 Å². The van der Waals surface area contributed by atoms with Gasteiger partial charge in [-0.3, -0.25) is 9.59 Å². The van der Waals surface area contributed by atoms with Crippen molar-refractivity contribution >= 4 is 38.6 Å². The molecular weight excluding hydrogens is 498 g/mol. The molecule has 1 aromatic heterocycles. The molecule has 196 valence electrons. The van der Waals surface area contributed by atoms with Crippen LogP contribution in [0.3, 0.4) is 0 Å². The number of nitrogens with zero attached hydrogens (tertiary/aromatic N) is 1. The number of rotatable bonds is 9. The van der Waals surface area contributed by atoms with Gasteiger partial charge in [-0.2, -0.15) is 4.31 Å². The minimum Gasteiger partial charge on any atom is -0.456 e. The van der Waals surface area contributed by atoms with Gasteiger partial charge in [0.05, 0.1) is 18.1 Å². The number of H-pyrrole nitrogens is 1. The van der Waals surface area contributed by atoms with Crippen molar-refractivity contribution in [3.8, 4) is 0 Å². The SMILES string of the molecule is CC(C)C(NC(=O)c1cccc(S(=O)(=O)N2CCOCC2)c1)C(=O)OCC(=O)c1c[nH]c2ccccc12. The van der Waals surface area contributed by atoms with Crippen LogP contribution in [0.15, 0.2) is 59.6 Å². The highest BCUT2D eigenvalue weighted by Crippen LogP contribution is 2.20. The van der Waals surface area contributed by atoms with E-state index in [1.165, 1.54) is 28.6 Å². The van der Waals surface area contributed by atoms with E-state index in [2.05, 4.69) is 10.3 Å². The molecule has 0 saturated carbocycles. The Morgan fingerprint density at radius 2 is 1.81 bits per heavy atom. The molecule has 1 aliphatic rings. The number of carbonyl (C=O) groups is 3. The maximum atomic E-state index is 13.0. The van der Waals surface area contributed by atoms with Crippen LogP contribution in [-0.4, -0.2) is 74.3 Å². The van der Waals surface area contributed by atoms with Gasteiger partial charge in [0.15, 0.2) is 6.61 Å². The molecule has 0 radical (unpaired) electrons. The van der Waals surface area contributed by atoms with Gasteiger partial charge in [-0.1, -0.05) is 38.1 Å². The summed E-state index contributed by atoms with van der Waals surface area (Å²) in [6.07, 6.45) is 1.57. The van der Waals surface area contributed by atoms with Crippen molar-refractivity contribution in [3.05, 3.63) is 65.9 Å². The fourth-order valence-electron chi connectivity index (χ4n) is 4.06. The largest absolute Gasteiger partial charge is 0.456 e. The Morgan fingerprint density at radius 1 is 1.08 bits per heavy atom. The van der Waals surface area contributed by atoms with Crippen molar-refractivity contribution in [1.82, 2.24) is 14.6 Å². The van der Waals surface area contributed by atoms with Crippen LogP contribution in [0.5, 0.6) is 0 Å². The summed E-state index contributed by atoms with van der Waals surface area (Å²) in [5.74, 6) is -2.10. The van der Waals surface area contributed by atoms with Crippen molar-refractivity contribution in [2.24, 2.45) is 5.92 Å². The van der Waals surface area contributed by atoms with E-state index in [0.717, 1.165) is 10.9 Å². The molecule has 1 aliphatic heterocycles. The molecule has 2 N–H and O–H groups in total. The van der Waals surface area contributed by atoms with Crippen LogP contribution < -0.4 is 5.32 Å². The molecule has 3 aromatic rings. The third kappa shape index (κ3) is 5.90. The minimum atomic E-state index is -3.79. The molecule has 4 rings (SSSR count). The van der Waals surface area contributed by atoms with Gasteiger partial charge in [0, 0.05) is 41.3 Å². The van der Waals surface area contributed by atoms with Gasteiger partial charge in [0.1, 0.15) is 6.04 Å². The number of hydrogen-bond donors (Lipinski definition) is 2. The maximum Gasteiger partial charge on any atom is 0.329 e. The Hall–Kier alpha value is -3.54. The number of Topliss-reactive ketones (excluding diaryl/α,β-unsaturated/α-hetero) is 1. The Labute approximate surface area is 215 Å². The van der Waals surface area contributed by atoms with E-state index < -0.39 is 34.5 Å². The van der Waals surface area contributed by atoms with Crippen LogP contribution in [-0.2, 0) is 24.3 Å². The van der Waals surface area contributed by atoms with Gasteiger partial charge in [-0.05, 0) is 30.2 Å². The zero-order chi connectivity index (χ0) is 26.6. The minimum absolute atomic E-state index is 0.0185. The molecule has 2 heterocycles. The lowest BCUT2D eigenvalue weighted by Gasteiger charge is -2.26. The predicted octanol–water partition coefficient (Wildman–Crippen LogP) is 2.37. The normalized spacial score (nSPS) is 15.4. The highest BCUT2D eigenvalue weighted by molar-refractivity contribution is 7.89. The van der Waals surface area contributed by atoms with E-state index in [-0.39, 0.29) is 35.2 Å². The zero-order valence-corrected chi connectivity index (χ0v) is 21.4. The summed E-state index contributed by atoms with van der Waals surface area (Å²) in [6.45, 7) is 4.06. The first-order chi connectivity index (χ1) is 17.7. The van der Waals surface area contributed by atoms with E-state index in [9.17, 15) is 22.8 Å². The number of para-hydroxylation sites is 1. The van der Waals surface area contributed by atoms with Crippen molar-refractivity contribution in [1.29, 1.82) is 0 Å². The lowest BCUT2D eigenvalue weighted by atomic mass is 10.0. The van der Waals surface area contributed by atoms with Gasteiger partial charge in [0.25, 0.3) is 5.91 Å². The second kappa shape index (κ2) is 11.2. The number of fused-ring (bicyclic) bond motifs is 1. The van der Waals surface area contributed by atoms with Crippen LogP contribution in [0.4, 0.5) is 0 Å². The second-order valence-electron chi connectivity index (χ2n) is 9.02. The third-order valence-electron chi connectivity index (χ3n) is 6.15. The molecule has 1 unspecified atom stereocenters. The lowest BCUT2D eigenvalue weighted by Crippen LogP contribution is -2.45. The van der Waals surface area contributed by atoms with E-state index >= 15 is 0 Å². The van der Waals surface area contributed by atoms with Crippen molar-refractivity contribution in [2.75, 3.05) is 32.9 Å². The number of aromatic nitrogens is 1. The number of aromatic amines is 1. The second-order valence-corrected chi connectivity index (χ2v) is 11.0. The maximum absolute atomic E-state index is 13.0. The van der Waals surface area contributed by atoms with Gasteiger partial charge >= 0.3 is 5.97 Å². The monoisotopic (exact) mass is 527 g/mol. The molecular formula is C26H29N3O7S. The summed E-state index contributed by atoms with van der Waals surface area (Å²) >= 11 is 0. The summed E-state index contributed by atoms with van der Waals surface area (Å²) in [4.78, 5) is 41.4. The third-order valence-corrected chi connectivity index (χ3v) is 8.04. The molecule has 1 fully saturated rings. The molecule has 1 atom stereocenters. The first-order valence-electron chi connectivity index (χ1n) is 11.9. The van der Waals surface area contributed by atoms with Gasteiger partial charge in [-0.15, -0.1) is 0 Å². The predicted molar refractivity (Wildman–Crippen MR) is 136 cm³/mol. The highest BCUT2D eigenvalue weighted by Gasteiger charge is 2.29. The Morgan fingerprint density at radius 3 is 2.54 bits per heavy atom. The fourth-order valence-corrected chi connectivity index (χ4v) is 5.52. The number of benzene rings is 2. The molecule has 0 bridgehead atoms. The number of ether oxygens (including phenoxy) is 2. The quantitative estimate of drug-likeness (QED) is 0.322. The van der Waals surface area contributed by atoms with Crippen molar-refractivity contribution in [2.45, 2.75) is 24.8 Å². The average Bonchev–Trinajstić information content (AvgIpc) is 3.35. The van der Waals surface area contributed by atoms with E-state index in [1.807, 2.05) is 18.2 Å². The van der Waals surface area contributed by atoms with Gasteiger partial charge in [0.2, 0.25) is 15.8 Å². The number of hydrogen-bond acceptors (Lipinski definition) is 7. The van der Waals surface area contributed by atoms with E-state index in [1.54, 1.807) is 26.1 Å². The number of ketones is 1. The van der Waals surface area contributed by atoms with Gasteiger partial charge < -0.3 is 19.8 Å². The number of amides is 1. The zero-order valence-electron chi connectivity index (χ0n) is 20.6. The number of nitrogens with one attached hydrogen (secondary N) is 2. The van der Waals surface area contributed by atoms with Crippen LogP contribution in [0, 0.1) is 5.92 Å². The molecule has 1 saturated heterocycles. The van der Waals surface area contributed by atoms with Gasteiger partial charge in [-0.25, -0.2) is 13.2 Å². The summed E-state index contributed by atoms with van der Waals surface area (Å²) < 4.78 is 37.7. The van der Waals surface area contributed by atoms with Crippen LogP contribution in [0.25, 0.3) is 10.9 Å². The Balaban J connectivity index is 1.42. The lowest BCUT2D eigenvalue weighted by molar-refractivity contribution is -0.145. The Bertz CT molecular complexity index is 1410. The molecule has 37 heavy (non-hydrogen) atoms. The molecule has 0 aliphatic carbocycles. The van der Waals surface area contributed by atoms with Crippen LogP contribution in [0.1, 0.15) is 34.6 Å². The first-order valence-corrected chi connectivity index (χ1v) is 13.4. The molecule has 0 spiro atoms. The summed E-state index contributed by atoms with van der Waals surface area (Å²) in [5.41, 5.74) is 1.29. The first kappa shape index (κ1) is 26.5. The summed E-state index contributed by atoms with van der Waals surface area (Å²) in [7, 11) is -3.79. The van der Waals surface area contributed by atoms with Crippen molar-refractivity contribution < 1.29 is 32.3 Å². The molecule has 2 aromatic carbocycles. The number of sulfonamides is 1. The summed E-state index contributed by atoms with van der Waals surface area (Å²) in [5, 5.41) is 3.35. The summed E-state index contributed by atoms with van der Waals surface area (Å²) in [6, 6.07) is 11.9. The molecule has 11 heteroatoms. The highest BCUT2D eigenvalue weighted by atomic mass is 32.2. The van der Waals surface area contributed by atoms with E-state index in [0.29, 0.717) is 18.8 Å². The van der Waals surface area contributed by atoms with Crippen molar-refractivity contribution in [3.63, 3.8) is 0 Å². The number of esters is 1. The fraction of sp³-hybridized carbons (Fsp3) is 0.346. The standard InChI is InChI=1S/C26H29N3O7S/c1-17(2)24(26(32)36-16-23(30)21-15-27-22-9-4-3-8-20(21)22)28-25(31)18-6-5-7-19(14-18)37(33,34)29-10-12-35-13-11-29/h3-9,14-15,17,24,27H,10-13,16H2,1-2H3,(H,28,31).